The standard InChI is InChI=1S/C22H21N3OS/c1-15(26)23-17-11-13-18(14-12-17)25-20-10-6-5-9-19(20)22(27)24-21(25)16-7-3-2-4-8-16/h2-4,7-8,11-14H,5-6,9-10H2,1H3,(H,23,26). The zero-order chi connectivity index (χ0) is 18.8. The Morgan fingerprint density at radius 3 is 2.44 bits per heavy atom. The Kier molecular flexibility index (Phi) is 4.86. The number of fused-ring (bicyclic) bond motifs is 1. The third kappa shape index (κ3) is 3.55. The van der Waals surface area contributed by atoms with Crippen LogP contribution >= 0.6 is 12.2 Å². The van der Waals surface area contributed by atoms with Crippen LogP contribution in [0.25, 0.3) is 17.1 Å². The first-order chi connectivity index (χ1) is 13.1. The molecule has 0 saturated heterocycles. The molecule has 1 aliphatic carbocycles. The molecule has 136 valence electrons. The molecule has 0 fully saturated rings. The minimum absolute atomic E-state index is 0.0742. The highest BCUT2D eigenvalue weighted by molar-refractivity contribution is 7.71. The maximum absolute atomic E-state index is 11.3. The van der Waals surface area contributed by atoms with Crippen molar-refractivity contribution in [1.82, 2.24) is 9.55 Å². The van der Waals surface area contributed by atoms with Gasteiger partial charge in [-0.1, -0.05) is 42.5 Å². The van der Waals surface area contributed by atoms with Gasteiger partial charge in [-0.2, -0.15) is 0 Å². The number of rotatable bonds is 3. The first-order valence-electron chi connectivity index (χ1n) is 9.22. The second-order valence-corrected chi connectivity index (χ2v) is 7.19. The van der Waals surface area contributed by atoms with Gasteiger partial charge in [-0.05, 0) is 49.9 Å². The molecule has 4 nitrogen and oxygen atoms in total. The number of hydrogen-bond donors (Lipinski definition) is 1. The van der Waals surface area contributed by atoms with Crippen LogP contribution in [0.3, 0.4) is 0 Å². The number of benzene rings is 2. The molecule has 0 unspecified atom stereocenters. The lowest BCUT2D eigenvalue weighted by atomic mass is 9.96. The van der Waals surface area contributed by atoms with Gasteiger partial charge >= 0.3 is 0 Å². The van der Waals surface area contributed by atoms with Crippen LogP contribution in [0.5, 0.6) is 0 Å². The molecule has 2 aromatic carbocycles. The number of nitrogens with one attached hydrogen (secondary N) is 1. The number of carbonyl (C=O) groups is 1. The molecule has 1 N–H and O–H groups in total. The Balaban J connectivity index is 1.92. The molecule has 0 aliphatic heterocycles. The van der Waals surface area contributed by atoms with Crippen LogP contribution in [-0.2, 0) is 17.6 Å². The molecule has 5 heteroatoms. The van der Waals surface area contributed by atoms with E-state index in [1.807, 2.05) is 42.5 Å². The fourth-order valence-corrected chi connectivity index (χ4v) is 3.97. The summed E-state index contributed by atoms with van der Waals surface area (Å²) in [6.45, 7) is 1.51. The van der Waals surface area contributed by atoms with E-state index in [-0.39, 0.29) is 5.91 Å². The predicted molar refractivity (Wildman–Crippen MR) is 111 cm³/mol. The Morgan fingerprint density at radius 1 is 1.04 bits per heavy atom. The summed E-state index contributed by atoms with van der Waals surface area (Å²) in [7, 11) is 0. The molecule has 1 amide bonds. The van der Waals surface area contributed by atoms with Gasteiger partial charge in [-0.3, -0.25) is 9.36 Å². The largest absolute Gasteiger partial charge is 0.326 e. The van der Waals surface area contributed by atoms with Gasteiger partial charge in [0.25, 0.3) is 0 Å². The van der Waals surface area contributed by atoms with Gasteiger partial charge in [-0.15, -0.1) is 0 Å². The zero-order valence-corrected chi connectivity index (χ0v) is 16.1. The number of carbonyl (C=O) groups excluding carboxylic acids is 1. The number of nitrogens with zero attached hydrogens (tertiary/aromatic N) is 2. The lowest BCUT2D eigenvalue weighted by molar-refractivity contribution is -0.114. The summed E-state index contributed by atoms with van der Waals surface area (Å²) in [5.74, 6) is 0.795. The summed E-state index contributed by atoms with van der Waals surface area (Å²) in [4.78, 5) is 16.1. The van der Waals surface area contributed by atoms with E-state index in [1.54, 1.807) is 0 Å². The Hall–Kier alpha value is -2.79. The van der Waals surface area contributed by atoms with Crippen molar-refractivity contribution >= 4 is 23.8 Å². The summed E-state index contributed by atoms with van der Waals surface area (Å²) in [6, 6.07) is 18.1. The van der Waals surface area contributed by atoms with Gasteiger partial charge in [0, 0.05) is 35.1 Å². The van der Waals surface area contributed by atoms with E-state index in [2.05, 4.69) is 22.0 Å². The minimum atomic E-state index is -0.0742. The zero-order valence-electron chi connectivity index (χ0n) is 15.2. The van der Waals surface area contributed by atoms with Gasteiger partial charge in [0.15, 0.2) is 0 Å². The van der Waals surface area contributed by atoms with Crippen molar-refractivity contribution in [2.45, 2.75) is 32.6 Å². The van der Waals surface area contributed by atoms with Gasteiger partial charge in [0.1, 0.15) is 10.5 Å². The highest BCUT2D eigenvalue weighted by Gasteiger charge is 2.20. The average Bonchev–Trinajstić information content (AvgIpc) is 2.69. The van der Waals surface area contributed by atoms with E-state index < -0.39 is 0 Å². The lowest BCUT2D eigenvalue weighted by Crippen LogP contribution is -2.17. The molecule has 1 aliphatic rings. The normalized spacial score (nSPS) is 13.1. The molecule has 0 atom stereocenters. The van der Waals surface area contributed by atoms with Gasteiger partial charge < -0.3 is 5.32 Å². The second kappa shape index (κ2) is 7.45. The third-order valence-corrected chi connectivity index (χ3v) is 5.20. The van der Waals surface area contributed by atoms with Gasteiger partial charge in [-0.25, -0.2) is 4.98 Å². The quantitative estimate of drug-likeness (QED) is 0.648. The molecule has 0 saturated carbocycles. The Labute approximate surface area is 163 Å². The molecule has 0 bridgehead atoms. The highest BCUT2D eigenvalue weighted by Crippen LogP contribution is 2.30. The first kappa shape index (κ1) is 17.6. The summed E-state index contributed by atoms with van der Waals surface area (Å²) in [6.07, 6.45) is 4.30. The van der Waals surface area contributed by atoms with Crippen LogP contribution in [0, 0.1) is 4.64 Å². The molecule has 0 spiro atoms. The van der Waals surface area contributed by atoms with Crippen LogP contribution in [0.4, 0.5) is 5.69 Å². The van der Waals surface area contributed by atoms with Crippen molar-refractivity contribution < 1.29 is 4.79 Å². The SMILES string of the molecule is CC(=O)Nc1ccc(-n2c(-c3ccccc3)nc(=S)c3c2CCCC3)cc1. The van der Waals surface area contributed by atoms with Gasteiger partial charge in [0.2, 0.25) is 5.91 Å². The summed E-state index contributed by atoms with van der Waals surface area (Å²) >= 11 is 5.63. The Morgan fingerprint density at radius 2 is 1.74 bits per heavy atom. The summed E-state index contributed by atoms with van der Waals surface area (Å²) < 4.78 is 2.95. The maximum atomic E-state index is 11.3. The molecule has 0 radical (unpaired) electrons. The topological polar surface area (TPSA) is 46.9 Å². The van der Waals surface area contributed by atoms with Crippen LogP contribution < -0.4 is 5.32 Å². The van der Waals surface area contributed by atoms with Crippen molar-refractivity contribution in [3.05, 3.63) is 70.5 Å². The van der Waals surface area contributed by atoms with Crippen molar-refractivity contribution in [2.24, 2.45) is 0 Å². The number of anilines is 1. The predicted octanol–water partition coefficient (Wildman–Crippen LogP) is 5.11. The van der Waals surface area contributed by atoms with E-state index in [4.69, 9.17) is 17.2 Å². The summed E-state index contributed by atoms with van der Waals surface area (Å²) in [5, 5.41) is 2.82. The maximum Gasteiger partial charge on any atom is 0.221 e. The summed E-state index contributed by atoms with van der Waals surface area (Å²) in [5.41, 5.74) is 5.32. The highest BCUT2D eigenvalue weighted by atomic mass is 32.1. The molecule has 1 heterocycles. The lowest BCUT2D eigenvalue weighted by Gasteiger charge is -2.24. The monoisotopic (exact) mass is 375 g/mol. The van der Waals surface area contributed by atoms with E-state index in [0.717, 1.165) is 53.1 Å². The minimum Gasteiger partial charge on any atom is -0.326 e. The van der Waals surface area contributed by atoms with Crippen molar-refractivity contribution in [2.75, 3.05) is 5.32 Å². The number of hydrogen-bond acceptors (Lipinski definition) is 3. The molecular weight excluding hydrogens is 354 g/mol. The van der Waals surface area contributed by atoms with E-state index >= 15 is 0 Å². The second-order valence-electron chi connectivity index (χ2n) is 6.80. The number of amides is 1. The average molecular weight is 375 g/mol. The van der Waals surface area contributed by atoms with Crippen LogP contribution in [0.2, 0.25) is 0 Å². The molecule has 3 aromatic rings. The van der Waals surface area contributed by atoms with E-state index in [9.17, 15) is 4.79 Å². The van der Waals surface area contributed by atoms with Gasteiger partial charge in [0.05, 0.1) is 0 Å². The van der Waals surface area contributed by atoms with Crippen molar-refractivity contribution in [3.63, 3.8) is 0 Å². The molecule has 1 aromatic heterocycles. The van der Waals surface area contributed by atoms with Crippen molar-refractivity contribution in [1.29, 1.82) is 0 Å². The fourth-order valence-electron chi connectivity index (χ4n) is 3.66. The molecule has 27 heavy (non-hydrogen) atoms. The van der Waals surface area contributed by atoms with E-state index in [0.29, 0.717) is 0 Å². The van der Waals surface area contributed by atoms with Crippen LogP contribution in [0.15, 0.2) is 54.6 Å². The van der Waals surface area contributed by atoms with E-state index in [1.165, 1.54) is 18.2 Å². The first-order valence-corrected chi connectivity index (χ1v) is 9.62. The Bertz CT molecular complexity index is 1040. The van der Waals surface area contributed by atoms with Crippen molar-refractivity contribution in [3.8, 4) is 17.1 Å². The van der Waals surface area contributed by atoms with Crippen LogP contribution in [-0.4, -0.2) is 15.5 Å². The third-order valence-electron chi connectivity index (χ3n) is 4.86. The van der Waals surface area contributed by atoms with Crippen LogP contribution in [0.1, 0.15) is 31.0 Å². The number of aromatic nitrogens is 2. The molecule has 4 rings (SSSR count). The smallest absolute Gasteiger partial charge is 0.221 e. The fraction of sp³-hybridized carbons (Fsp3) is 0.227. The molecular formula is C22H21N3OS.